The molecular formula is C16H9ClF3NO2. The number of hydrogen-bond donors (Lipinski definition) is 0. The number of benzene rings is 2. The smallest absolute Gasteiger partial charge is 0.268 e. The SMILES string of the molecule is Cc1ccc2c(c1)C(=O)N(c1ccc(Cl)cc1C(F)(F)F)C2=O. The Morgan fingerprint density at radius 1 is 0.957 bits per heavy atom. The molecule has 0 unspecified atom stereocenters. The highest BCUT2D eigenvalue weighted by atomic mass is 35.5. The molecule has 0 radical (unpaired) electrons. The Morgan fingerprint density at radius 3 is 2.26 bits per heavy atom. The number of alkyl halides is 3. The fourth-order valence-corrected chi connectivity index (χ4v) is 2.68. The molecule has 2 aromatic rings. The van der Waals surface area contributed by atoms with Crippen LogP contribution in [0.3, 0.4) is 0 Å². The van der Waals surface area contributed by atoms with Crippen LogP contribution in [0.15, 0.2) is 36.4 Å². The van der Waals surface area contributed by atoms with Crippen molar-refractivity contribution in [1.29, 1.82) is 0 Å². The molecule has 1 aliphatic rings. The second-order valence-corrected chi connectivity index (χ2v) is 5.59. The van der Waals surface area contributed by atoms with Crippen molar-refractivity contribution < 1.29 is 22.8 Å². The maximum atomic E-state index is 13.2. The summed E-state index contributed by atoms with van der Waals surface area (Å²) in [6, 6.07) is 7.49. The molecule has 0 saturated heterocycles. The first-order chi connectivity index (χ1) is 10.7. The number of nitrogens with zero attached hydrogens (tertiary/aromatic N) is 1. The monoisotopic (exact) mass is 339 g/mol. The van der Waals surface area contributed by atoms with E-state index in [0.717, 1.165) is 11.6 Å². The zero-order valence-corrected chi connectivity index (χ0v) is 12.5. The summed E-state index contributed by atoms with van der Waals surface area (Å²) in [4.78, 5) is 25.4. The third-order valence-corrected chi connectivity index (χ3v) is 3.78. The lowest BCUT2D eigenvalue weighted by Gasteiger charge is -2.19. The number of carbonyl (C=O) groups is 2. The molecule has 0 aromatic heterocycles. The van der Waals surface area contributed by atoms with Crippen molar-refractivity contribution in [2.45, 2.75) is 13.1 Å². The number of imide groups is 1. The molecule has 0 spiro atoms. The zero-order valence-electron chi connectivity index (χ0n) is 11.7. The molecule has 1 aliphatic heterocycles. The largest absolute Gasteiger partial charge is 0.418 e. The number of halogens is 4. The fraction of sp³-hybridized carbons (Fsp3) is 0.125. The van der Waals surface area contributed by atoms with Crippen LogP contribution in [0.4, 0.5) is 18.9 Å². The van der Waals surface area contributed by atoms with E-state index in [1.807, 2.05) is 0 Å². The molecule has 0 N–H and O–H groups in total. The normalized spacial score (nSPS) is 14.4. The Morgan fingerprint density at radius 2 is 1.61 bits per heavy atom. The lowest BCUT2D eigenvalue weighted by atomic mass is 10.1. The Bertz CT molecular complexity index is 846. The van der Waals surface area contributed by atoms with Crippen LogP contribution in [-0.2, 0) is 6.18 Å². The first-order valence-corrected chi connectivity index (χ1v) is 6.94. The Kier molecular flexibility index (Phi) is 3.44. The van der Waals surface area contributed by atoms with E-state index in [0.29, 0.717) is 11.0 Å². The highest BCUT2D eigenvalue weighted by Crippen LogP contribution is 2.40. The molecule has 7 heteroatoms. The van der Waals surface area contributed by atoms with Gasteiger partial charge in [0, 0.05) is 5.02 Å². The van der Waals surface area contributed by atoms with Crippen molar-refractivity contribution in [3.8, 4) is 0 Å². The lowest BCUT2D eigenvalue weighted by molar-refractivity contribution is -0.137. The van der Waals surface area contributed by atoms with E-state index in [2.05, 4.69) is 0 Å². The van der Waals surface area contributed by atoms with Gasteiger partial charge in [-0.15, -0.1) is 0 Å². The minimum absolute atomic E-state index is 0.0867. The van der Waals surface area contributed by atoms with Crippen molar-refractivity contribution in [3.05, 3.63) is 63.7 Å². The van der Waals surface area contributed by atoms with Crippen molar-refractivity contribution in [1.82, 2.24) is 0 Å². The summed E-state index contributed by atoms with van der Waals surface area (Å²) in [5.41, 5.74) is -0.734. The van der Waals surface area contributed by atoms with Gasteiger partial charge in [-0.2, -0.15) is 13.2 Å². The fourth-order valence-electron chi connectivity index (χ4n) is 2.50. The standard InChI is InChI=1S/C16H9ClF3NO2/c1-8-2-4-10-11(6-8)15(23)21(14(10)22)13-5-3-9(17)7-12(13)16(18,19)20/h2-7H,1H3. The van der Waals surface area contributed by atoms with Crippen LogP contribution in [0.2, 0.25) is 5.02 Å². The Hall–Kier alpha value is -2.34. The van der Waals surface area contributed by atoms with Gasteiger partial charge in [0.1, 0.15) is 0 Å². The van der Waals surface area contributed by atoms with Crippen LogP contribution in [0.5, 0.6) is 0 Å². The Labute approximate surface area is 134 Å². The molecule has 1 heterocycles. The molecule has 23 heavy (non-hydrogen) atoms. The quantitative estimate of drug-likeness (QED) is 0.719. The third-order valence-electron chi connectivity index (χ3n) is 3.55. The minimum Gasteiger partial charge on any atom is -0.268 e. The van der Waals surface area contributed by atoms with Gasteiger partial charge in [0.2, 0.25) is 0 Å². The van der Waals surface area contributed by atoms with Crippen LogP contribution in [0.1, 0.15) is 31.8 Å². The number of fused-ring (bicyclic) bond motifs is 1. The number of carbonyl (C=O) groups excluding carboxylic acids is 2. The van der Waals surface area contributed by atoms with Gasteiger partial charge in [-0.1, -0.05) is 23.2 Å². The summed E-state index contributed by atoms with van der Waals surface area (Å²) < 4.78 is 39.7. The van der Waals surface area contributed by atoms with Gasteiger partial charge in [0.25, 0.3) is 11.8 Å². The van der Waals surface area contributed by atoms with Crippen LogP contribution in [-0.4, -0.2) is 11.8 Å². The van der Waals surface area contributed by atoms with E-state index >= 15 is 0 Å². The van der Waals surface area contributed by atoms with Crippen LogP contribution in [0, 0.1) is 6.92 Å². The van der Waals surface area contributed by atoms with Crippen LogP contribution in [0.25, 0.3) is 0 Å². The predicted octanol–water partition coefficient (Wildman–Crippen LogP) is 4.47. The van der Waals surface area contributed by atoms with Gasteiger partial charge in [-0.25, -0.2) is 4.90 Å². The van der Waals surface area contributed by atoms with E-state index in [1.54, 1.807) is 13.0 Å². The average molecular weight is 340 g/mol. The third kappa shape index (κ3) is 2.49. The number of rotatable bonds is 1. The Balaban J connectivity index is 2.18. The molecule has 3 nitrogen and oxygen atoms in total. The first-order valence-electron chi connectivity index (χ1n) is 6.56. The highest BCUT2D eigenvalue weighted by Gasteiger charge is 2.42. The van der Waals surface area contributed by atoms with Gasteiger partial charge in [-0.05, 0) is 37.3 Å². The maximum absolute atomic E-state index is 13.2. The van der Waals surface area contributed by atoms with E-state index < -0.39 is 29.2 Å². The zero-order chi connectivity index (χ0) is 16.9. The van der Waals surface area contributed by atoms with Gasteiger partial charge in [0.05, 0.1) is 22.4 Å². The predicted molar refractivity (Wildman–Crippen MR) is 78.8 cm³/mol. The van der Waals surface area contributed by atoms with E-state index in [9.17, 15) is 22.8 Å². The molecule has 0 aliphatic carbocycles. The first kappa shape index (κ1) is 15.6. The molecule has 118 valence electrons. The number of anilines is 1. The van der Waals surface area contributed by atoms with E-state index in [1.165, 1.54) is 18.2 Å². The minimum atomic E-state index is -4.74. The second kappa shape index (κ2) is 5.09. The van der Waals surface area contributed by atoms with Crippen molar-refractivity contribution in [2.24, 2.45) is 0 Å². The van der Waals surface area contributed by atoms with Gasteiger partial charge >= 0.3 is 6.18 Å². The average Bonchev–Trinajstić information content (AvgIpc) is 2.70. The number of hydrogen-bond acceptors (Lipinski definition) is 2. The summed E-state index contributed by atoms with van der Waals surface area (Å²) in [7, 11) is 0. The molecular weight excluding hydrogens is 331 g/mol. The summed E-state index contributed by atoms with van der Waals surface area (Å²) in [6.07, 6.45) is -4.74. The van der Waals surface area contributed by atoms with Crippen molar-refractivity contribution in [2.75, 3.05) is 4.90 Å². The number of amides is 2. The summed E-state index contributed by atoms with van der Waals surface area (Å²) in [5, 5.41) is -0.131. The summed E-state index contributed by atoms with van der Waals surface area (Å²) >= 11 is 5.62. The van der Waals surface area contributed by atoms with E-state index in [-0.39, 0.29) is 16.1 Å². The van der Waals surface area contributed by atoms with Crippen LogP contribution >= 0.6 is 11.6 Å². The van der Waals surface area contributed by atoms with Crippen molar-refractivity contribution in [3.63, 3.8) is 0 Å². The van der Waals surface area contributed by atoms with Crippen LogP contribution < -0.4 is 4.90 Å². The molecule has 3 rings (SSSR count). The molecule has 0 fully saturated rings. The number of aryl methyl sites for hydroxylation is 1. The highest BCUT2D eigenvalue weighted by molar-refractivity contribution is 6.35. The second-order valence-electron chi connectivity index (χ2n) is 5.15. The lowest BCUT2D eigenvalue weighted by Crippen LogP contribution is -2.31. The topological polar surface area (TPSA) is 37.4 Å². The molecule has 2 aromatic carbocycles. The molecule has 0 atom stereocenters. The van der Waals surface area contributed by atoms with Gasteiger partial charge < -0.3 is 0 Å². The maximum Gasteiger partial charge on any atom is 0.418 e. The molecule has 0 saturated carbocycles. The van der Waals surface area contributed by atoms with Gasteiger partial charge in [-0.3, -0.25) is 9.59 Å². The summed E-state index contributed by atoms with van der Waals surface area (Å²) in [6.45, 7) is 1.73. The van der Waals surface area contributed by atoms with Crippen molar-refractivity contribution >= 4 is 29.1 Å². The van der Waals surface area contributed by atoms with E-state index in [4.69, 9.17) is 11.6 Å². The molecule has 0 bridgehead atoms. The summed E-state index contributed by atoms with van der Waals surface area (Å²) in [5.74, 6) is -1.56. The molecule has 2 amide bonds. The van der Waals surface area contributed by atoms with Gasteiger partial charge in [0.15, 0.2) is 0 Å².